The molecule has 0 saturated carbocycles. The smallest absolute Gasteiger partial charge is 0.255 e. The number of amides is 1. The van der Waals surface area contributed by atoms with Gasteiger partial charge in [-0.1, -0.05) is 23.5 Å². The lowest BCUT2D eigenvalue weighted by molar-refractivity contribution is -0.0586. The van der Waals surface area contributed by atoms with Crippen molar-refractivity contribution in [3.63, 3.8) is 0 Å². The summed E-state index contributed by atoms with van der Waals surface area (Å²) in [6.07, 6.45) is 0.0731. The summed E-state index contributed by atoms with van der Waals surface area (Å²) in [5.41, 5.74) is 2.27. The molecule has 0 aromatic heterocycles. The third-order valence-electron chi connectivity index (χ3n) is 3.41. The largest absolute Gasteiger partial charge is 0.384 e. The van der Waals surface area contributed by atoms with E-state index in [2.05, 4.69) is 11.8 Å². The second-order valence-corrected chi connectivity index (χ2v) is 5.48. The Labute approximate surface area is 125 Å². The fourth-order valence-electron chi connectivity index (χ4n) is 2.59. The van der Waals surface area contributed by atoms with E-state index < -0.39 is 0 Å². The van der Waals surface area contributed by atoms with E-state index in [1.54, 1.807) is 0 Å². The van der Waals surface area contributed by atoms with Crippen molar-refractivity contribution in [2.45, 2.75) is 33.0 Å². The van der Waals surface area contributed by atoms with Crippen LogP contribution in [-0.2, 0) is 4.74 Å². The van der Waals surface area contributed by atoms with Crippen LogP contribution in [0.25, 0.3) is 0 Å². The SMILES string of the molecule is Cc1ccc(C#CCO)c(C(=O)N2CC(C)OC(C)C2)c1. The summed E-state index contributed by atoms with van der Waals surface area (Å²) in [4.78, 5) is 14.6. The zero-order valence-electron chi connectivity index (χ0n) is 12.7. The van der Waals surface area contributed by atoms with Crippen molar-refractivity contribution in [1.29, 1.82) is 0 Å². The summed E-state index contributed by atoms with van der Waals surface area (Å²) in [5.74, 6) is 5.44. The highest BCUT2D eigenvalue weighted by atomic mass is 16.5. The van der Waals surface area contributed by atoms with Crippen LogP contribution < -0.4 is 0 Å². The van der Waals surface area contributed by atoms with Gasteiger partial charge in [-0.2, -0.15) is 0 Å². The molecule has 0 radical (unpaired) electrons. The number of aliphatic hydroxyl groups excluding tert-OH is 1. The van der Waals surface area contributed by atoms with Crippen molar-refractivity contribution < 1.29 is 14.6 Å². The molecule has 1 aromatic carbocycles. The predicted molar refractivity (Wildman–Crippen MR) is 81.1 cm³/mol. The van der Waals surface area contributed by atoms with Gasteiger partial charge in [-0.05, 0) is 32.9 Å². The molecule has 1 saturated heterocycles. The van der Waals surface area contributed by atoms with Crippen LogP contribution in [0, 0.1) is 18.8 Å². The minimum Gasteiger partial charge on any atom is -0.384 e. The summed E-state index contributed by atoms with van der Waals surface area (Å²) in [6, 6.07) is 5.61. The number of benzene rings is 1. The van der Waals surface area contributed by atoms with E-state index >= 15 is 0 Å². The van der Waals surface area contributed by atoms with E-state index in [1.165, 1.54) is 0 Å². The number of aryl methyl sites for hydroxylation is 1. The number of hydrogen-bond acceptors (Lipinski definition) is 3. The van der Waals surface area contributed by atoms with Crippen LogP contribution in [-0.4, -0.2) is 47.8 Å². The Morgan fingerprint density at radius 1 is 1.38 bits per heavy atom. The fourth-order valence-corrected chi connectivity index (χ4v) is 2.59. The first-order valence-corrected chi connectivity index (χ1v) is 7.16. The Morgan fingerprint density at radius 3 is 2.67 bits per heavy atom. The Morgan fingerprint density at radius 2 is 2.05 bits per heavy atom. The van der Waals surface area contributed by atoms with E-state index in [9.17, 15) is 4.79 Å². The lowest BCUT2D eigenvalue weighted by atomic mass is 10.0. The van der Waals surface area contributed by atoms with Crippen LogP contribution in [0.1, 0.15) is 35.3 Å². The van der Waals surface area contributed by atoms with Crippen molar-refractivity contribution >= 4 is 5.91 Å². The average molecular weight is 287 g/mol. The number of nitrogens with zero attached hydrogens (tertiary/aromatic N) is 1. The number of aliphatic hydroxyl groups is 1. The summed E-state index contributed by atoms with van der Waals surface area (Å²) in [6.45, 7) is 6.85. The summed E-state index contributed by atoms with van der Waals surface area (Å²) >= 11 is 0. The molecular formula is C17H21NO3. The number of ether oxygens (including phenoxy) is 1. The van der Waals surface area contributed by atoms with Crippen molar-refractivity contribution in [2.24, 2.45) is 0 Å². The van der Waals surface area contributed by atoms with E-state index in [1.807, 2.05) is 43.9 Å². The minimum absolute atomic E-state index is 0.0251. The molecule has 4 nitrogen and oxygen atoms in total. The third kappa shape index (κ3) is 3.84. The highest BCUT2D eigenvalue weighted by Gasteiger charge is 2.27. The molecule has 4 heteroatoms. The van der Waals surface area contributed by atoms with Crippen LogP contribution in [0.15, 0.2) is 18.2 Å². The first-order chi connectivity index (χ1) is 10.0. The number of rotatable bonds is 1. The van der Waals surface area contributed by atoms with Gasteiger partial charge >= 0.3 is 0 Å². The topological polar surface area (TPSA) is 49.8 Å². The predicted octanol–water partition coefficient (Wildman–Crippen LogP) is 1.59. The molecule has 1 amide bonds. The summed E-state index contributed by atoms with van der Waals surface area (Å²) in [5, 5.41) is 8.84. The average Bonchev–Trinajstić information content (AvgIpc) is 2.44. The number of morpholine rings is 1. The molecule has 2 rings (SSSR count). The normalized spacial score (nSPS) is 21.6. The maximum atomic E-state index is 12.8. The van der Waals surface area contributed by atoms with Gasteiger partial charge in [0.15, 0.2) is 0 Å². The zero-order valence-corrected chi connectivity index (χ0v) is 12.7. The maximum absolute atomic E-state index is 12.8. The standard InChI is InChI=1S/C17H21NO3/c1-12-6-7-15(5-4-8-19)16(9-12)17(20)18-10-13(2)21-14(3)11-18/h6-7,9,13-14,19H,8,10-11H2,1-3H3. The second-order valence-electron chi connectivity index (χ2n) is 5.48. The van der Waals surface area contributed by atoms with Gasteiger partial charge in [0.05, 0.1) is 17.8 Å². The van der Waals surface area contributed by atoms with E-state index in [0.717, 1.165) is 5.56 Å². The van der Waals surface area contributed by atoms with Gasteiger partial charge in [-0.25, -0.2) is 0 Å². The summed E-state index contributed by atoms with van der Waals surface area (Å²) < 4.78 is 5.67. The molecule has 1 fully saturated rings. The molecule has 2 atom stereocenters. The molecule has 0 bridgehead atoms. The zero-order chi connectivity index (χ0) is 15.4. The van der Waals surface area contributed by atoms with Crippen LogP contribution in [0.3, 0.4) is 0 Å². The second kappa shape index (κ2) is 6.75. The van der Waals surface area contributed by atoms with Gasteiger partial charge in [-0.3, -0.25) is 4.79 Å². The Hall–Kier alpha value is -1.83. The molecule has 21 heavy (non-hydrogen) atoms. The number of hydrogen-bond donors (Lipinski definition) is 1. The Kier molecular flexibility index (Phi) is 5.00. The first-order valence-electron chi connectivity index (χ1n) is 7.16. The van der Waals surface area contributed by atoms with Crippen molar-refractivity contribution in [2.75, 3.05) is 19.7 Å². The van der Waals surface area contributed by atoms with E-state index in [0.29, 0.717) is 24.2 Å². The molecule has 1 aromatic rings. The number of carbonyl (C=O) groups excluding carboxylic acids is 1. The van der Waals surface area contributed by atoms with Gasteiger partial charge in [0, 0.05) is 18.7 Å². The molecule has 0 aliphatic carbocycles. The first kappa shape index (κ1) is 15.6. The van der Waals surface area contributed by atoms with Gasteiger partial charge in [-0.15, -0.1) is 0 Å². The summed E-state index contributed by atoms with van der Waals surface area (Å²) in [7, 11) is 0. The fraction of sp³-hybridized carbons (Fsp3) is 0.471. The van der Waals surface area contributed by atoms with Crippen LogP contribution >= 0.6 is 0 Å². The lowest BCUT2D eigenvalue weighted by Gasteiger charge is -2.35. The van der Waals surface area contributed by atoms with E-state index in [-0.39, 0.29) is 24.7 Å². The van der Waals surface area contributed by atoms with Gasteiger partial charge in [0.2, 0.25) is 0 Å². The van der Waals surface area contributed by atoms with Crippen LogP contribution in [0.2, 0.25) is 0 Å². The lowest BCUT2D eigenvalue weighted by Crippen LogP contribution is -2.48. The van der Waals surface area contributed by atoms with Crippen LogP contribution in [0.4, 0.5) is 0 Å². The highest BCUT2D eigenvalue weighted by molar-refractivity contribution is 5.97. The number of carbonyl (C=O) groups is 1. The quantitative estimate of drug-likeness (QED) is 0.798. The van der Waals surface area contributed by atoms with Crippen molar-refractivity contribution in [1.82, 2.24) is 4.90 Å². The molecule has 1 N–H and O–H groups in total. The van der Waals surface area contributed by atoms with Crippen molar-refractivity contribution in [3.8, 4) is 11.8 Å². The van der Waals surface area contributed by atoms with Gasteiger partial charge in [0.25, 0.3) is 5.91 Å². The minimum atomic E-state index is -0.215. The van der Waals surface area contributed by atoms with Gasteiger partial charge in [0.1, 0.15) is 6.61 Å². The molecule has 1 aliphatic heterocycles. The molecule has 0 spiro atoms. The molecule has 2 unspecified atom stereocenters. The molecule has 1 heterocycles. The molecule has 1 aliphatic rings. The monoisotopic (exact) mass is 287 g/mol. The maximum Gasteiger partial charge on any atom is 0.255 e. The van der Waals surface area contributed by atoms with Gasteiger partial charge < -0.3 is 14.7 Å². The third-order valence-corrected chi connectivity index (χ3v) is 3.41. The van der Waals surface area contributed by atoms with Crippen molar-refractivity contribution in [3.05, 3.63) is 34.9 Å². The highest BCUT2D eigenvalue weighted by Crippen LogP contribution is 2.18. The molecular weight excluding hydrogens is 266 g/mol. The van der Waals surface area contributed by atoms with E-state index in [4.69, 9.17) is 9.84 Å². The Bertz CT molecular complexity index is 575. The molecule has 112 valence electrons. The Balaban J connectivity index is 2.31. The van der Waals surface area contributed by atoms with Crippen LogP contribution in [0.5, 0.6) is 0 Å².